The van der Waals surface area contributed by atoms with Crippen LogP contribution < -0.4 is 10.6 Å². The second-order valence-corrected chi connectivity index (χ2v) is 6.41. The van der Waals surface area contributed by atoms with Crippen LogP contribution in [0.25, 0.3) is 0 Å². The summed E-state index contributed by atoms with van der Waals surface area (Å²) in [5.41, 5.74) is 3.30. The van der Waals surface area contributed by atoms with Gasteiger partial charge >= 0.3 is 0 Å². The monoisotopic (exact) mass is 485 g/mol. The van der Waals surface area contributed by atoms with Gasteiger partial charge in [-0.25, -0.2) is 4.39 Å². The first-order valence-corrected chi connectivity index (χ1v) is 8.95. The molecule has 0 radical (unpaired) electrons. The molecule has 27 heavy (non-hydrogen) atoms. The van der Waals surface area contributed by atoms with Crippen molar-refractivity contribution in [2.75, 3.05) is 13.6 Å². The molecule has 2 aromatic carbocycles. The number of nitrogens with one attached hydrogen (secondary N) is 2. The van der Waals surface area contributed by atoms with Crippen molar-refractivity contribution < 1.29 is 9.13 Å². The average Bonchev–Trinajstić information content (AvgIpc) is 2.63. The van der Waals surface area contributed by atoms with Crippen molar-refractivity contribution in [3.05, 3.63) is 71.0 Å². The highest BCUT2D eigenvalue weighted by Gasteiger charge is 2.01. The van der Waals surface area contributed by atoms with Crippen molar-refractivity contribution in [2.24, 2.45) is 4.99 Å². The normalized spacial score (nSPS) is 11.2. The third-order valence-corrected chi connectivity index (χ3v) is 3.89. The lowest BCUT2D eigenvalue weighted by atomic mass is 10.1. The zero-order valence-corrected chi connectivity index (χ0v) is 18.5. The fraction of sp³-hybridized carbons (Fsp3) is 0.381. The molecule has 0 heterocycles. The van der Waals surface area contributed by atoms with Crippen molar-refractivity contribution in [2.45, 2.75) is 39.5 Å². The molecule has 0 spiro atoms. The molecule has 0 unspecified atom stereocenters. The number of hydrogen-bond donors (Lipinski definition) is 2. The van der Waals surface area contributed by atoms with Gasteiger partial charge in [0.2, 0.25) is 0 Å². The summed E-state index contributed by atoms with van der Waals surface area (Å²) in [4.78, 5) is 4.22. The lowest BCUT2D eigenvalue weighted by molar-refractivity contribution is 0.0657. The van der Waals surface area contributed by atoms with Gasteiger partial charge in [0.15, 0.2) is 5.96 Å². The first-order chi connectivity index (χ1) is 12.6. The summed E-state index contributed by atoms with van der Waals surface area (Å²) in [6.45, 7) is 6.07. The smallest absolute Gasteiger partial charge is 0.191 e. The molecule has 0 amide bonds. The number of rotatable bonds is 8. The number of hydrogen-bond acceptors (Lipinski definition) is 2. The summed E-state index contributed by atoms with van der Waals surface area (Å²) < 4.78 is 18.8. The van der Waals surface area contributed by atoms with E-state index in [0.717, 1.165) is 17.9 Å². The van der Waals surface area contributed by atoms with Gasteiger partial charge in [-0.05, 0) is 49.1 Å². The first kappa shape index (κ1) is 23.4. The molecular weight excluding hydrogens is 456 g/mol. The largest absolute Gasteiger partial charge is 0.374 e. The topological polar surface area (TPSA) is 45.7 Å². The van der Waals surface area contributed by atoms with Gasteiger partial charge in [-0.1, -0.05) is 36.4 Å². The van der Waals surface area contributed by atoms with E-state index in [1.807, 2.05) is 19.9 Å². The molecule has 0 aliphatic carbocycles. The molecule has 4 nitrogen and oxygen atoms in total. The number of nitrogens with zero attached hydrogens (tertiary/aromatic N) is 1. The summed E-state index contributed by atoms with van der Waals surface area (Å²) >= 11 is 0. The van der Waals surface area contributed by atoms with Crippen molar-refractivity contribution in [3.8, 4) is 0 Å². The van der Waals surface area contributed by atoms with Crippen LogP contribution in [0.1, 0.15) is 30.5 Å². The fourth-order valence-corrected chi connectivity index (χ4v) is 2.44. The Morgan fingerprint density at radius 1 is 1.04 bits per heavy atom. The van der Waals surface area contributed by atoms with Crippen molar-refractivity contribution in [1.82, 2.24) is 10.6 Å². The number of guanidine groups is 1. The van der Waals surface area contributed by atoms with E-state index in [2.05, 4.69) is 39.9 Å². The highest BCUT2D eigenvalue weighted by atomic mass is 127. The molecular formula is C21H29FIN3O. The van der Waals surface area contributed by atoms with E-state index in [9.17, 15) is 4.39 Å². The summed E-state index contributed by atoms with van der Waals surface area (Å²) in [6, 6.07) is 15.0. The van der Waals surface area contributed by atoms with Crippen LogP contribution in [0.3, 0.4) is 0 Å². The molecule has 2 rings (SSSR count). The molecule has 2 aromatic rings. The Kier molecular flexibility index (Phi) is 11.0. The minimum absolute atomic E-state index is 0. The van der Waals surface area contributed by atoms with Gasteiger partial charge in [-0.2, -0.15) is 0 Å². The van der Waals surface area contributed by atoms with E-state index in [1.165, 1.54) is 17.2 Å². The number of halogens is 2. The summed E-state index contributed by atoms with van der Waals surface area (Å²) in [5, 5.41) is 6.53. The highest BCUT2D eigenvalue weighted by Crippen LogP contribution is 2.07. The quantitative estimate of drug-likeness (QED) is 0.334. The van der Waals surface area contributed by atoms with Gasteiger partial charge in [0.1, 0.15) is 5.82 Å². The third kappa shape index (κ3) is 9.19. The minimum atomic E-state index is -0.202. The molecule has 0 atom stereocenters. The molecule has 6 heteroatoms. The summed E-state index contributed by atoms with van der Waals surface area (Å²) in [7, 11) is 1.74. The maximum atomic E-state index is 13.2. The second-order valence-electron chi connectivity index (χ2n) is 6.41. The van der Waals surface area contributed by atoms with Gasteiger partial charge in [-0.3, -0.25) is 4.99 Å². The first-order valence-electron chi connectivity index (χ1n) is 8.95. The minimum Gasteiger partial charge on any atom is -0.374 e. The third-order valence-electron chi connectivity index (χ3n) is 3.89. The van der Waals surface area contributed by atoms with E-state index >= 15 is 0 Å². The van der Waals surface area contributed by atoms with Crippen LogP contribution in [0, 0.1) is 5.82 Å². The Morgan fingerprint density at radius 2 is 1.74 bits per heavy atom. The van der Waals surface area contributed by atoms with Crippen molar-refractivity contribution in [1.29, 1.82) is 0 Å². The number of ether oxygens (including phenoxy) is 1. The van der Waals surface area contributed by atoms with Crippen LogP contribution in [0.2, 0.25) is 0 Å². The Balaban J connectivity index is 0.00000364. The van der Waals surface area contributed by atoms with Gasteiger partial charge in [0.05, 0.1) is 12.7 Å². The van der Waals surface area contributed by atoms with E-state index in [-0.39, 0.29) is 35.9 Å². The van der Waals surface area contributed by atoms with E-state index in [1.54, 1.807) is 19.2 Å². The lowest BCUT2D eigenvalue weighted by Gasteiger charge is -2.12. The Morgan fingerprint density at radius 3 is 2.37 bits per heavy atom. The summed E-state index contributed by atoms with van der Waals surface area (Å²) in [6.07, 6.45) is 0.973. The number of benzene rings is 2. The van der Waals surface area contributed by atoms with E-state index < -0.39 is 0 Å². The molecule has 0 fully saturated rings. The molecule has 0 bridgehead atoms. The SMILES string of the molecule is CN=C(NCCc1cccc(F)c1)NCc1ccc(COC(C)C)cc1.I. The second kappa shape index (κ2) is 12.7. The predicted octanol–water partition coefficient (Wildman–Crippen LogP) is 4.28. The molecule has 0 saturated carbocycles. The van der Waals surface area contributed by atoms with E-state index in [0.29, 0.717) is 19.7 Å². The van der Waals surface area contributed by atoms with E-state index in [4.69, 9.17) is 4.74 Å². The Bertz CT molecular complexity index is 705. The molecule has 0 saturated heterocycles. The Hall–Kier alpha value is -1.67. The Labute approximate surface area is 178 Å². The lowest BCUT2D eigenvalue weighted by Crippen LogP contribution is -2.37. The molecule has 0 aliphatic heterocycles. The maximum Gasteiger partial charge on any atom is 0.191 e. The molecule has 2 N–H and O–H groups in total. The zero-order valence-electron chi connectivity index (χ0n) is 16.2. The van der Waals surface area contributed by atoms with Crippen LogP contribution in [0.15, 0.2) is 53.5 Å². The summed E-state index contributed by atoms with van der Waals surface area (Å²) in [5.74, 6) is 0.529. The standard InChI is InChI=1S/C21H28FN3O.HI/c1-16(2)26-15-19-9-7-18(8-10-19)14-25-21(23-3)24-12-11-17-5-4-6-20(22)13-17;/h4-10,13,16H,11-12,14-15H2,1-3H3,(H2,23,24,25);1H. The van der Waals surface area contributed by atoms with Gasteiger partial charge in [-0.15, -0.1) is 24.0 Å². The van der Waals surface area contributed by atoms with Crippen LogP contribution in [0.4, 0.5) is 4.39 Å². The van der Waals surface area contributed by atoms with Crippen molar-refractivity contribution >= 4 is 29.9 Å². The van der Waals surface area contributed by atoms with Crippen LogP contribution in [-0.2, 0) is 24.3 Å². The molecule has 0 aliphatic rings. The highest BCUT2D eigenvalue weighted by molar-refractivity contribution is 14.0. The average molecular weight is 485 g/mol. The van der Waals surface area contributed by atoms with Gasteiger partial charge in [0.25, 0.3) is 0 Å². The van der Waals surface area contributed by atoms with Gasteiger partial charge < -0.3 is 15.4 Å². The zero-order chi connectivity index (χ0) is 18.8. The predicted molar refractivity (Wildman–Crippen MR) is 120 cm³/mol. The van der Waals surface area contributed by atoms with Crippen LogP contribution in [-0.4, -0.2) is 25.7 Å². The fourth-order valence-electron chi connectivity index (χ4n) is 2.44. The van der Waals surface area contributed by atoms with Crippen LogP contribution >= 0.6 is 24.0 Å². The number of aliphatic imine (C=N–C) groups is 1. The molecule has 0 aromatic heterocycles. The molecule has 148 valence electrons. The van der Waals surface area contributed by atoms with Crippen molar-refractivity contribution in [3.63, 3.8) is 0 Å². The van der Waals surface area contributed by atoms with Gasteiger partial charge in [0, 0.05) is 20.1 Å². The maximum absolute atomic E-state index is 13.2. The van der Waals surface area contributed by atoms with Crippen LogP contribution in [0.5, 0.6) is 0 Å².